The van der Waals surface area contributed by atoms with Gasteiger partial charge in [0, 0.05) is 11.5 Å². The Bertz CT molecular complexity index is 290. The Morgan fingerprint density at radius 2 is 1.70 bits per heavy atom. The summed E-state index contributed by atoms with van der Waals surface area (Å²) in [6.07, 6.45) is 17.6. The lowest BCUT2D eigenvalue weighted by Crippen LogP contribution is -2.63. The number of nitrogens with one attached hydrogen (secondary N) is 1. The predicted octanol–water partition coefficient (Wildman–Crippen LogP) is 4.43. The number of rotatable bonds is 5. The van der Waals surface area contributed by atoms with Crippen LogP contribution in [0.4, 0.5) is 0 Å². The first-order valence-electron chi connectivity index (χ1n) is 9.24. The van der Waals surface area contributed by atoms with Crippen LogP contribution in [0.15, 0.2) is 0 Å². The fourth-order valence-electron chi connectivity index (χ4n) is 4.86. The van der Waals surface area contributed by atoms with Gasteiger partial charge in [-0.25, -0.2) is 0 Å². The van der Waals surface area contributed by atoms with Gasteiger partial charge in [0.1, 0.15) is 0 Å². The molecule has 3 aliphatic rings. The molecule has 0 radical (unpaired) electrons. The lowest BCUT2D eigenvalue weighted by Gasteiger charge is -2.55. The van der Waals surface area contributed by atoms with Crippen molar-refractivity contribution < 1.29 is 4.74 Å². The number of ether oxygens (including phenoxy) is 1. The molecule has 0 bridgehead atoms. The molecule has 3 rings (SSSR count). The number of hydrogen-bond acceptors (Lipinski definition) is 2. The summed E-state index contributed by atoms with van der Waals surface area (Å²) in [6, 6.07) is 0.751. The van der Waals surface area contributed by atoms with Crippen molar-refractivity contribution in [2.45, 2.75) is 102 Å². The van der Waals surface area contributed by atoms with E-state index in [1.165, 1.54) is 83.6 Å². The van der Waals surface area contributed by atoms with E-state index in [2.05, 4.69) is 12.2 Å². The second-order valence-corrected chi connectivity index (χ2v) is 7.42. The normalized spacial score (nSPS) is 34.0. The molecule has 20 heavy (non-hydrogen) atoms. The first-order chi connectivity index (χ1) is 9.85. The summed E-state index contributed by atoms with van der Waals surface area (Å²) in [6.45, 7) is 3.45. The Kier molecular flexibility index (Phi) is 5.04. The predicted molar refractivity (Wildman–Crippen MR) is 84.0 cm³/mol. The van der Waals surface area contributed by atoms with Crippen LogP contribution in [-0.4, -0.2) is 24.8 Å². The largest absolute Gasteiger partial charge is 0.374 e. The first-order valence-corrected chi connectivity index (χ1v) is 9.24. The molecule has 0 saturated heterocycles. The molecular formula is C18H33NO. The van der Waals surface area contributed by atoms with Crippen molar-refractivity contribution in [3.05, 3.63) is 0 Å². The molecule has 0 aliphatic heterocycles. The highest BCUT2D eigenvalue weighted by atomic mass is 16.5. The Morgan fingerprint density at radius 1 is 1.00 bits per heavy atom. The van der Waals surface area contributed by atoms with Crippen molar-refractivity contribution in [2.24, 2.45) is 5.41 Å². The van der Waals surface area contributed by atoms with Gasteiger partial charge in [-0.2, -0.15) is 0 Å². The Labute approximate surface area is 125 Å². The summed E-state index contributed by atoms with van der Waals surface area (Å²) in [4.78, 5) is 0. The van der Waals surface area contributed by atoms with E-state index in [1.807, 2.05) is 0 Å². The van der Waals surface area contributed by atoms with Gasteiger partial charge in [-0.05, 0) is 45.1 Å². The van der Waals surface area contributed by atoms with Crippen LogP contribution >= 0.6 is 0 Å². The van der Waals surface area contributed by atoms with E-state index in [0.717, 1.165) is 6.04 Å². The highest BCUT2D eigenvalue weighted by Gasteiger charge is 2.56. The molecule has 3 fully saturated rings. The third-order valence-electron chi connectivity index (χ3n) is 6.12. The topological polar surface area (TPSA) is 21.3 Å². The molecule has 0 aromatic rings. The molecule has 0 aromatic heterocycles. The van der Waals surface area contributed by atoms with E-state index in [4.69, 9.17) is 4.74 Å². The van der Waals surface area contributed by atoms with Crippen LogP contribution < -0.4 is 5.32 Å². The molecule has 2 atom stereocenters. The van der Waals surface area contributed by atoms with E-state index in [0.29, 0.717) is 17.6 Å². The van der Waals surface area contributed by atoms with Gasteiger partial charge in [0.05, 0.1) is 12.2 Å². The van der Waals surface area contributed by atoms with Crippen molar-refractivity contribution in [3.63, 3.8) is 0 Å². The number of hydrogen-bond donors (Lipinski definition) is 1. The van der Waals surface area contributed by atoms with Gasteiger partial charge < -0.3 is 10.1 Å². The lowest BCUT2D eigenvalue weighted by atomic mass is 9.60. The second-order valence-electron chi connectivity index (χ2n) is 7.42. The first kappa shape index (κ1) is 14.8. The fraction of sp³-hybridized carbons (Fsp3) is 1.00. The van der Waals surface area contributed by atoms with Gasteiger partial charge in [0.15, 0.2) is 0 Å². The molecule has 1 N–H and O–H groups in total. The highest BCUT2D eigenvalue weighted by Crippen LogP contribution is 2.55. The SMILES string of the molecule is CCCNC1CC(OC2CCCCCC2)C12CCCC2. The van der Waals surface area contributed by atoms with Crippen molar-refractivity contribution >= 4 is 0 Å². The minimum Gasteiger partial charge on any atom is -0.374 e. The average molecular weight is 279 g/mol. The van der Waals surface area contributed by atoms with Crippen LogP contribution in [0.3, 0.4) is 0 Å². The maximum absolute atomic E-state index is 6.62. The van der Waals surface area contributed by atoms with Crippen LogP contribution in [-0.2, 0) is 4.74 Å². The Morgan fingerprint density at radius 3 is 2.35 bits per heavy atom. The second kappa shape index (κ2) is 6.79. The smallest absolute Gasteiger partial charge is 0.0665 e. The molecule has 2 heteroatoms. The van der Waals surface area contributed by atoms with Crippen LogP contribution in [0, 0.1) is 5.41 Å². The maximum atomic E-state index is 6.62. The van der Waals surface area contributed by atoms with E-state index in [9.17, 15) is 0 Å². The van der Waals surface area contributed by atoms with Gasteiger partial charge in [-0.3, -0.25) is 0 Å². The molecule has 2 nitrogen and oxygen atoms in total. The van der Waals surface area contributed by atoms with E-state index in [-0.39, 0.29) is 0 Å². The Hall–Kier alpha value is -0.0800. The molecule has 1 spiro atoms. The van der Waals surface area contributed by atoms with Crippen LogP contribution in [0.25, 0.3) is 0 Å². The maximum Gasteiger partial charge on any atom is 0.0665 e. The van der Waals surface area contributed by atoms with Gasteiger partial charge in [-0.15, -0.1) is 0 Å². The monoisotopic (exact) mass is 279 g/mol. The molecule has 0 heterocycles. The molecule has 3 aliphatic carbocycles. The summed E-state index contributed by atoms with van der Waals surface area (Å²) in [5.41, 5.74) is 0.515. The van der Waals surface area contributed by atoms with Crippen LogP contribution in [0.5, 0.6) is 0 Å². The van der Waals surface area contributed by atoms with Gasteiger partial charge >= 0.3 is 0 Å². The lowest BCUT2D eigenvalue weighted by molar-refractivity contribution is -0.162. The summed E-state index contributed by atoms with van der Waals surface area (Å²) in [5.74, 6) is 0. The van der Waals surface area contributed by atoms with Gasteiger partial charge in [0.25, 0.3) is 0 Å². The third-order valence-corrected chi connectivity index (χ3v) is 6.12. The third kappa shape index (κ3) is 2.92. The molecule has 0 amide bonds. The van der Waals surface area contributed by atoms with E-state index >= 15 is 0 Å². The van der Waals surface area contributed by atoms with Crippen molar-refractivity contribution in [2.75, 3.05) is 6.54 Å². The fourth-order valence-corrected chi connectivity index (χ4v) is 4.86. The summed E-state index contributed by atoms with van der Waals surface area (Å²) < 4.78 is 6.62. The Balaban J connectivity index is 1.56. The summed E-state index contributed by atoms with van der Waals surface area (Å²) in [7, 11) is 0. The zero-order valence-corrected chi connectivity index (χ0v) is 13.3. The van der Waals surface area contributed by atoms with Crippen LogP contribution in [0.1, 0.15) is 84.0 Å². The molecule has 3 saturated carbocycles. The van der Waals surface area contributed by atoms with Gasteiger partial charge in [0.2, 0.25) is 0 Å². The molecule has 116 valence electrons. The quantitative estimate of drug-likeness (QED) is 0.752. The molecule has 0 aromatic carbocycles. The van der Waals surface area contributed by atoms with E-state index in [1.54, 1.807) is 0 Å². The zero-order chi connectivity index (χ0) is 13.8. The zero-order valence-electron chi connectivity index (χ0n) is 13.3. The van der Waals surface area contributed by atoms with Crippen molar-refractivity contribution in [1.29, 1.82) is 0 Å². The summed E-state index contributed by atoms with van der Waals surface area (Å²) in [5, 5.41) is 3.80. The molecular weight excluding hydrogens is 246 g/mol. The molecule has 2 unspecified atom stereocenters. The highest BCUT2D eigenvalue weighted by molar-refractivity contribution is 5.10. The van der Waals surface area contributed by atoms with E-state index < -0.39 is 0 Å². The van der Waals surface area contributed by atoms with Crippen molar-refractivity contribution in [1.82, 2.24) is 5.32 Å². The summed E-state index contributed by atoms with van der Waals surface area (Å²) >= 11 is 0. The minimum absolute atomic E-state index is 0.515. The average Bonchev–Trinajstić information content (AvgIpc) is 2.85. The van der Waals surface area contributed by atoms with Gasteiger partial charge in [-0.1, -0.05) is 45.4 Å². The van der Waals surface area contributed by atoms with Crippen LogP contribution in [0.2, 0.25) is 0 Å². The minimum atomic E-state index is 0.515. The van der Waals surface area contributed by atoms with Crippen molar-refractivity contribution in [3.8, 4) is 0 Å². The standard InChI is InChI=1S/C18H33NO/c1-2-13-19-16-14-17(18(16)11-7-8-12-18)20-15-9-5-3-4-6-10-15/h15-17,19H,2-14H2,1H3.